The van der Waals surface area contributed by atoms with Crippen molar-refractivity contribution in [1.82, 2.24) is 5.32 Å². The number of benzene rings is 1. The largest absolute Gasteiger partial charge is 0.342 e. The van der Waals surface area contributed by atoms with Crippen molar-refractivity contribution in [3.63, 3.8) is 0 Å². The van der Waals surface area contributed by atoms with Crippen molar-refractivity contribution >= 4 is 17.5 Å². The van der Waals surface area contributed by atoms with Crippen LogP contribution in [0.5, 0.6) is 0 Å². The molecule has 0 saturated heterocycles. The molecule has 0 spiro atoms. The second kappa shape index (κ2) is 6.11. The average molecular weight is 354 g/mol. The smallest absolute Gasteiger partial charge is 0.313 e. The number of hydrogen-bond donors (Lipinski definition) is 2. The molecular formula is C22H30N2O2. The first-order chi connectivity index (χ1) is 12.2. The van der Waals surface area contributed by atoms with Crippen LogP contribution in [0.4, 0.5) is 5.69 Å². The lowest BCUT2D eigenvalue weighted by Crippen LogP contribution is -2.61. The summed E-state index contributed by atoms with van der Waals surface area (Å²) in [4.78, 5) is 24.9. The quantitative estimate of drug-likeness (QED) is 0.789. The van der Waals surface area contributed by atoms with Crippen molar-refractivity contribution in [1.29, 1.82) is 0 Å². The molecule has 26 heavy (non-hydrogen) atoms. The predicted molar refractivity (Wildman–Crippen MR) is 103 cm³/mol. The number of hydrogen-bond acceptors (Lipinski definition) is 2. The van der Waals surface area contributed by atoms with E-state index in [-0.39, 0.29) is 11.0 Å². The third-order valence-electron chi connectivity index (χ3n) is 6.63. The van der Waals surface area contributed by atoms with Crippen molar-refractivity contribution in [2.24, 2.45) is 17.8 Å². The van der Waals surface area contributed by atoms with Gasteiger partial charge in [-0.1, -0.05) is 32.9 Å². The summed E-state index contributed by atoms with van der Waals surface area (Å²) in [6, 6.07) is 7.76. The molecule has 2 N–H and O–H groups in total. The monoisotopic (exact) mass is 354 g/mol. The van der Waals surface area contributed by atoms with Gasteiger partial charge in [0.05, 0.1) is 0 Å². The van der Waals surface area contributed by atoms with E-state index in [1.165, 1.54) is 24.8 Å². The van der Waals surface area contributed by atoms with E-state index in [1.807, 2.05) is 24.3 Å². The number of nitrogens with one attached hydrogen (secondary N) is 2. The van der Waals surface area contributed by atoms with Gasteiger partial charge in [0.1, 0.15) is 0 Å². The standard InChI is InChI=1S/C22H30N2O2/c1-21(2,3)17-4-6-18(7-5-17)23-19(25)20(26)24-22-11-14-8-15(12-22)10-16(9-14)13-22/h4-7,14-16H,8-13H2,1-3H3,(H,23,25)(H,24,26). The molecular weight excluding hydrogens is 324 g/mol. The minimum atomic E-state index is -0.552. The van der Waals surface area contributed by atoms with Gasteiger partial charge >= 0.3 is 11.8 Å². The van der Waals surface area contributed by atoms with Crippen LogP contribution < -0.4 is 10.6 Å². The number of amides is 2. The molecule has 4 nitrogen and oxygen atoms in total. The molecule has 140 valence electrons. The van der Waals surface area contributed by atoms with Crippen molar-refractivity contribution in [3.8, 4) is 0 Å². The minimum absolute atomic E-state index is 0.0679. The lowest BCUT2D eigenvalue weighted by atomic mass is 9.53. The van der Waals surface area contributed by atoms with Crippen LogP contribution in [0.25, 0.3) is 0 Å². The summed E-state index contributed by atoms with van der Waals surface area (Å²) < 4.78 is 0. The third-order valence-corrected chi connectivity index (χ3v) is 6.63. The van der Waals surface area contributed by atoms with Crippen molar-refractivity contribution < 1.29 is 9.59 Å². The SMILES string of the molecule is CC(C)(C)c1ccc(NC(=O)C(=O)NC23CC4CC(CC(C4)C2)C3)cc1. The van der Waals surface area contributed by atoms with E-state index in [0.717, 1.165) is 37.0 Å². The lowest BCUT2D eigenvalue weighted by Gasteiger charge is -2.56. The average Bonchev–Trinajstić information content (AvgIpc) is 2.52. The third kappa shape index (κ3) is 3.38. The van der Waals surface area contributed by atoms with E-state index in [4.69, 9.17) is 0 Å². The molecule has 0 aliphatic heterocycles. The Bertz CT molecular complexity index is 679. The molecule has 4 aliphatic carbocycles. The summed E-state index contributed by atoms with van der Waals surface area (Å²) in [5.41, 5.74) is 1.81. The Morgan fingerprint density at radius 3 is 1.85 bits per heavy atom. The van der Waals surface area contributed by atoms with Gasteiger partial charge in [-0.05, 0) is 79.4 Å². The van der Waals surface area contributed by atoms with Gasteiger partial charge in [-0.15, -0.1) is 0 Å². The van der Waals surface area contributed by atoms with Crippen molar-refractivity contribution in [2.45, 2.75) is 70.3 Å². The van der Waals surface area contributed by atoms with E-state index in [0.29, 0.717) is 5.69 Å². The van der Waals surface area contributed by atoms with Gasteiger partial charge < -0.3 is 10.6 Å². The van der Waals surface area contributed by atoms with Crippen molar-refractivity contribution in [2.75, 3.05) is 5.32 Å². The lowest BCUT2D eigenvalue weighted by molar-refractivity contribution is -0.139. The summed E-state index contributed by atoms with van der Waals surface area (Å²) in [5, 5.41) is 5.88. The molecule has 0 radical (unpaired) electrons. The number of anilines is 1. The highest BCUT2D eigenvalue weighted by atomic mass is 16.2. The van der Waals surface area contributed by atoms with Crippen LogP contribution in [-0.2, 0) is 15.0 Å². The minimum Gasteiger partial charge on any atom is -0.342 e. The predicted octanol–water partition coefficient (Wildman–Crippen LogP) is 4.01. The summed E-state index contributed by atoms with van der Waals surface area (Å²) in [5.74, 6) is 1.20. The van der Waals surface area contributed by atoms with Gasteiger partial charge in [0.25, 0.3) is 0 Å². The zero-order valence-corrected chi connectivity index (χ0v) is 16.1. The van der Waals surface area contributed by atoms with Gasteiger partial charge in [0.15, 0.2) is 0 Å². The van der Waals surface area contributed by atoms with E-state index in [9.17, 15) is 9.59 Å². The first-order valence-corrected chi connectivity index (χ1v) is 9.96. The molecule has 4 bridgehead atoms. The highest BCUT2D eigenvalue weighted by Gasteiger charge is 2.51. The molecule has 4 heteroatoms. The van der Waals surface area contributed by atoms with Gasteiger partial charge in [-0.3, -0.25) is 9.59 Å². The second-order valence-electron chi connectivity index (χ2n) is 9.93. The Kier molecular flexibility index (Phi) is 4.13. The molecule has 2 amide bonds. The molecule has 0 heterocycles. The maximum atomic E-state index is 12.5. The fourth-order valence-corrected chi connectivity index (χ4v) is 5.80. The fraction of sp³-hybridized carbons (Fsp3) is 0.636. The Labute approximate surface area is 156 Å². The topological polar surface area (TPSA) is 58.2 Å². The zero-order valence-electron chi connectivity index (χ0n) is 16.1. The molecule has 1 aromatic rings. The van der Waals surface area contributed by atoms with E-state index in [1.54, 1.807) is 0 Å². The van der Waals surface area contributed by atoms with Crippen LogP contribution in [0.1, 0.15) is 64.9 Å². The van der Waals surface area contributed by atoms with Gasteiger partial charge in [0.2, 0.25) is 0 Å². The van der Waals surface area contributed by atoms with Crippen LogP contribution in [0.2, 0.25) is 0 Å². The Morgan fingerprint density at radius 1 is 0.885 bits per heavy atom. The molecule has 4 aliphatic rings. The zero-order chi connectivity index (χ0) is 18.5. The summed E-state index contributed by atoms with van der Waals surface area (Å²) in [6.45, 7) is 6.46. The van der Waals surface area contributed by atoms with Crippen LogP contribution in [0.3, 0.4) is 0 Å². The summed E-state index contributed by atoms with van der Waals surface area (Å²) in [7, 11) is 0. The Balaban J connectivity index is 1.39. The van der Waals surface area contributed by atoms with Crippen LogP contribution in [0.15, 0.2) is 24.3 Å². The van der Waals surface area contributed by atoms with E-state index < -0.39 is 11.8 Å². The first kappa shape index (κ1) is 17.6. The van der Waals surface area contributed by atoms with E-state index in [2.05, 4.69) is 31.4 Å². The van der Waals surface area contributed by atoms with Crippen LogP contribution in [0, 0.1) is 17.8 Å². The Hall–Kier alpha value is -1.84. The molecule has 4 saturated carbocycles. The van der Waals surface area contributed by atoms with Gasteiger partial charge in [-0.2, -0.15) is 0 Å². The van der Waals surface area contributed by atoms with Crippen LogP contribution in [-0.4, -0.2) is 17.4 Å². The molecule has 0 unspecified atom stereocenters. The van der Waals surface area contributed by atoms with E-state index >= 15 is 0 Å². The molecule has 4 fully saturated rings. The number of carbonyl (C=O) groups is 2. The molecule has 0 atom stereocenters. The highest BCUT2D eigenvalue weighted by Crippen LogP contribution is 2.55. The van der Waals surface area contributed by atoms with Gasteiger partial charge in [0, 0.05) is 11.2 Å². The number of rotatable bonds is 2. The highest BCUT2D eigenvalue weighted by molar-refractivity contribution is 6.39. The number of carbonyl (C=O) groups excluding carboxylic acids is 2. The summed E-state index contributed by atoms with van der Waals surface area (Å²) in [6.07, 6.45) is 7.12. The second-order valence-corrected chi connectivity index (χ2v) is 9.93. The summed E-state index contributed by atoms with van der Waals surface area (Å²) >= 11 is 0. The molecule has 0 aromatic heterocycles. The van der Waals surface area contributed by atoms with Crippen LogP contribution >= 0.6 is 0 Å². The first-order valence-electron chi connectivity index (χ1n) is 9.96. The fourth-order valence-electron chi connectivity index (χ4n) is 5.80. The maximum absolute atomic E-state index is 12.5. The van der Waals surface area contributed by atoms with Crippen molar-refractivity contribution in [3.05, 3.63) is 29.8 Å². The molecule has 1 aromatic carbocycles. The normalized spacial score (nSPS) is 32.3. The molecule has 5 rings (SSSR count). The maximum Gasteiger partial charge on any atom is 0.313 e. The van der Waals surface area contributed by atoms with Gasteiger partial charge in [-0.25, -0.2) is 0 Å². The Morgan fingerprint density at radius 2 is 1.38 bits per heavy atom.